The first kappa shape index (κ1) is 15.5. The highest BCUT2D eigenvalue weighted by molar-refractivity contribution is 7.09. The molecule has 0 aliphatic carbocycles. The number of hydrogen-bond donors (Lipinski definition) is 1. The van der Waals surface area contributed by atoms with Gasteiger partial charge in [-0.05, 0) is 61.9 Å². The van der Waals surface area contributed by atoms with Crippen molar-refractivity contribution >= 4 is 22.9 Å². The lowest BCUT2D eigenvalue weighted by Gasteiger charge is -2.16. The third kappa shape index (κ3) is 4.58. The Kier molecular flexibility index (Phi) is 6.02. The summed E-state index contributed by atoms with van der Waals surface area (Å²) in [7, 11) is 1.97. The Morgan fingerprint density at radius 1 is 1.35 bits per heavy atom. The van der Waals surface area contributed by atoms with Crippen LogP contribution in [0.25, 0.3) is 0 Å². The van der Waals surface area contributed by atoms with E-state index >= 15 is 0 Å². The molecule has 0 saturated carbocycles. The number of benzene rings is 1. The number of aryl methyl sites for hydroxylation is 1. The molecule has 108 valence electrons. The van der Waals surface area contributed by atoms with Crippen LogP contribution in [-0.4, -0.2) is 13.1 Å². The maximum atomic E-state index is 13.1. The lowest BCUT2D eigenvalue weighted by atomic mass is 10.0. The van der Waals surface area contributed by atoms with E-state index < -0.39 is 0 Å². The summed E-state index contributed by atoms with van der Waals surface area (Å²) in [6, 6.07) is 9.65. The highest BCUT2D eigenvalue weighted by Crippen LogP contribution is 2.19. The van der Waals surface area contributed by atoms with Crippen LogP contribution < -0.4 is 5.32 Å². The molecule has 0 spiro atoms. The Hall–Kier alpha value is -0.900. The van der Waals surface area contributed by atoms with E-state index in [2.05, 4.69) is 22.8 Å². The number of nitrogens with one attached hydrogen (secondary N) is 1. The minimum atomic E-state index is -0.353. The van der Waals surface area contributed by atoms with Crippen molar-refractivity contribution in [1.29, 1.82) is 0 Å². The summed E-state index contributed by atoms with van der Waals surface area (Å²) >= 11 is 7.63. The molecule has 0 bridgehead atoms. The molecule has 0 amide bonds. The number of rotatable bonds is 7. The van der Waals surface area contributed by atoms with Gasteiger partial charge in [0.15, 0.2) is 0 Å². The number of likely N-dealkylation sites (N-methyl/N-ethyl adjacent to an activating group) is 1. The minimum Gasteiger partial charge on any atom is -0.317 e. The van der Waals surface area contributed by atoms with E-state index in [9.17, 15) is 4.39 Å². The second kappa shape index (κ2) is 7.77. The standard InChI is InChI=1S/C16H19ClFNS/c1-19-13(4-2-5-14-6-3-9-20-14)10-12-7-8-16(18)15(17)11-12/h3,6-9,11,13,19H,2,4-5,10H2,1H3. The average Bonchev–Trinajstić information content (AvgIpc) is 2.95. The predicted octanol–water partition coefficient (Wildman–Crippen LogP) is 4.69. The Bertz CT molecular complexity index is 527. The first-order chi connectivity index (χ1) is 9.69. The summed E-state index contributed by atoms with van der Waals surface area (Å²) in [5.74, 6) is -0.353. The Morgan fingerprint density at radius 3 is 2.85 bits per heavy atom. The molecule has 1 atom stereocenters. The Morgan fingerprint density at radius 2 is 2.20 bits per heavy atom. The monoisotopic (exact) mass is 311 g/mol. The van der Waals surface area contributed by atoms with Crippen LogP contribution in [0, 0.1) is 5.82 Å². The van der Waals surface area contributed by atoms with Crippen LogP contribution in [-0.2, 0) is 12.8 Å². The van der Waals surface area contributed by atoms with Gasteiger partial charge in [-0.25, -0.2) is 4.39 Å². The Balaban J connectivity index is 1.83. The molecule has 0 radical (unpaired) electrons. The molecule has 2 aromatic rings. The highest BCUT2D eigenvalue weighted by Gasteiger charge is 2.09. The van der Waals surface area contributed by atoms with Gasteiger partial charge in [0.2, 0.25) is 0 Å². The fraction of sp³-hybridized carbons (Fsp3) is 0.375. The van der Waals surface area contributed by atoms with Gasteiger partial charge in [-0.2, -0.15) is 0 Å². The molecule has 1 aromatic heterocycles. The summed E-state index contributed by atoms with van der Waals surface area (Å²) in [6.07, 6.45) is 4.26. The highest BCUT2D eigenvalue weighted by atomic mass is 35.5. The molecule has 1 heterocycles. The van der Waals surface area contributed by atoms with Crippen molar-refractivity contribution in [2.24, 2.45) is 0 Å². The van der Waals surface area contributed by atoms with Crippen LogP contribution in [0.3, 0.4) is 0 Å². The molecule has 0 fully saturated rings. The molecular weight excluding hydrogens is 293 g/mol. The molecule has 4 heteroatoms. The van der Waals surface area contributed by atoms with Gasteiger partial charge in [-0.3, -0.25) is 0 Å². The van der Waals surface area contributed by atoms with Gasteiger partial charge >= 0.3 is 0 Å². The fourth-order valence-electron chi connectivity index (χ4n) is 2.28. The van der Waals surface area contributed by atoms with Crippen LogP contribution >= 0.6 is 22.9 Å². The SMILES string of the molecule is CNC(CCCc1cccs1)Cc1ccc(F)c(Cl)c1. The van der Waals surface area contributed by atoms with Crippen LogP contribution in [0.15, 0.2) is 35.7 Å². The van der Waals surface area contributed by atoms with Crippen molar-refractivity contribution in [1.82, 2.24) is 5.32 Å². The first-order valence-electron chi connectivity index (χ1n) is 6.82. The van der Waals surface area contributed by atoms with Crippen LogP contribution in [0.5, 0.6) is 0 Å². The number of thiophene rings is 1. The van der Waals surface area contributed by atoms with Crippen molar-refractivity contribution < 1.29 is 4.39 Å². The van der Waals surface area contributed by atoms with Gasteiger partial charge < -0.3 is 5.32 Å². The third-order valence-electron chi connectivity index (χ3n) is 3.43. The van der Waals surface area contributed by atoms with Crippen molar-refractivity contribution in [2.75, 3.05) is 7.05 Å². The summed E-state index contributed by atoms with van der Waals surface area (Å²) in [4.78, 5) is 1.43. The first-order valence-corrected chi connectivity index (χ1v) is 8.08. The number of hydrogen-bond acceptors (Lipinski definition) is 2. The normalized spacial score (nSPS) is 12.6. The molecule has 0 saturated heterocycles. The van der Waals surface area contributed by atoms with E-state index in [1.807, 2.05) is 24.5 Å². The third-order valence-corrected chi connectivity index (χ3v) is 4.66. The second-order valence-corrected chi connectivity index (χ2v) is 6.35. The van der Waals surface area contributed by atoms with Crippen molar-refractivity contribution in [3.63, 3.8) is 0 Å². The van der Waals surface area contributed by atoms with E-state index in [1.165, 1.54) is 10.9 Å². The van der Waals surface area contributed by atoms with E-state index in [4.69, 9.17) is 11.6 Å². The zero-order chi connectivity index (χ0) is 14.4. The van der Waals surface area contributed by atoms with Gasteiger partial charge in [0, 0.05) is 10.9 Å². The van der Waals surface area contributed by atoms with Gasteiger partial charge in [0.25, 0.3) is 0 Å². The average molecular weight is 312 g/mol. The molecule has 20 heavy (non-hydrogen) atoms. The van der Waals surface area contributed by atoms with Crippen LogP contribution in [0.4, 0.5) is 4.39 Å². The van der Waals surface area contributed by atoms with Gasteiger partial charge in [0.05, 0.1) is 5.02 Å². The van der Waals surface area contributed by atoms with E-state index in [0.717, 1.165) is 31.2 Å². The molecule has 1 nitrogen and oxygen atoms in total. The van der Waals surface area contributed by atoms with Gasteiger partial charge in [0.1, 0.15) is 5.82 Å². The van der Waals surface area contributed by atoms with E-state index in [1.54, 1.807) is 6.07 Å². The fourth-order valence-corrected chi connectivity index (χ4v) is 3.23. The molecule has 0 aliphatic rings. The zero-order valence-electron chi connectivity index (χ0n) is 11.5. The van der Waals surface area contributed by atoms with Crippen molar-refractivity contribution in [3.05, 3.63) is 57.0 Å². The van der Waals surface area contributed by atoms with E-state index in [0.29, 0.717) is 6.04 Å². The van der Waals surface area contributed by atoms with Gasteiger partial charge in [-0.15, -0.1) is 11.3 Å². The summed E-state index contributed by atoms with van der Waals surface area (Å²) in [6.45, 7) is 0. The maximum absolute atomic E-state index is 13.1. The summed E-state index contributed by atoms with van der Waals surface area (Å²) < 4.78 is 13.1. The minimum absolute atomic E-state index is 0.205. The lowest BCUT2D eigenvalue weighted by Crippen LogP contribution is -2.27. The predicted molar refractivity (Wildman–Crippen MR) is 85.2 cm³/mol. The molecule has 1 N–H and O–H groups in total. The van der Waals surface area contributed by atoms with E-state index in [-0.39, 0.29) is 10.8 Å². The lowest BCUT2D eigenvalue weighted by molar-refractivity contribution is 0.502. The second-order valence-electron chi connectivity index (χ2n) is 4.91. The van der Waals surface area contributed by atoms with Crippen LogP contribution in [0.1, 0.15) is 23.3 Å². The molecule has 0 aliphatic heterocycles. The summed E-state index contributed by atoms with van der Waals surface area (Å²) in [5, 5.41) is 5.65. The molecule has 1 unspecified atom stereocenters. The van der Waals surface area contributed by atoms with Gasteiger partial charge in [-0.1, -0.05) is 23.7 Å². The maximum Gasteiger partial charge on any atom is 0.141 e. The topological polar surface area (TPSA) is 12.0 Å². The van der Waals surface area contributed by atoms with Crippen molar-refractivity contribution in [3.8, 4) is 0 Å². The molecule has 2 rings (SSSR count). The van der Waals surface area contributed by atoms with Crippen molar-refractivity contribution in [2.45, 2.75) is 31.7 Å². The molecular formula is C16H19ClFNS. The largest absolute Gasteiger partial charge is 0.317 e. The zero-order valence-corrected chi connectivity index (χ0v) is 13.1. The number of halogens is 2. The van der Waals surface area contributed by atoms with Crippen LogP contribution in [0.2, 0.25) is 5.02 Å². The molecule has 1 aromatic carbocycles. The quantitative estimate of drug-likeness (QED) is 0.782. The summed E-state index contributed by atoms with van der Waals surface area (Å²) in [5.41, 5.74) is 1.08. The smallest absolute Gasteiger partial charge is 0.141 e. The Labute approximate surface area is 128 Å².